The van der Waals surface area contributed by atoms with E-state index >= 15 is 0 Å². The molecule has 0 radical (unpaired) electrons. The number of carbonyl (C=O) groups excluding carboxylic acids is 1. The molecule has 0 heterocycles. The van der Waals surface area contributed by atoms with Crippen molar-refractivity contribution in [3.8, 4) is 0 Å². The van der Waals surface area contributed by atoms with Crippen molar-refractivity contribution in [1.82, 2.24) is 5.32 Å². The van der Waals surface area contributed by atoms with E-state index in [1.807, 2.05) is 6.92 Å². The second-order valence-electron chi connectivity index (χ2n) is 6.66. The van der Waals surface area contributed by atoms with Gasteiger partial charge in [0.1, 0.15) is 0 Å². The molecule has 2 fully saturated rings. The number of carbonyl (C=O) groups is 1. The summed E-state index contributed by atoms with van der Waals surface area (Å²) in [5.74, 6) is -0.107. The highest BCUT2D eigenvalue weighted by Crippen LogP contribution is 2.44. The molecule has 0 unspecified atom stereocenters. The van der Waals surface area contributed by atoms with Crippen LogP contribution in [-0.4, -0.2) is 36.4 Å². The Labute approximate surface area is 115 Å². The molecule has 0 saturated heterocycles. The number of nitrogens with one attached hydrogen (secondary N) is 1. The Kier molecular flexibility index (Phi) is 4.51. The molecule has 110 valence electrons. The zero-order valence-electron chi connectivity index (χ0n) is 12.2. The number of rotatable bonds is 6. The molecular weight excluding hydrogens is 242 g/mol. The SMILES string of the molecule is CCOC(=O)C1CCC(O)(CNCC2(C)CC2)CC1. The van der Waals surface area contributed by atoms with Crippen molar-refractivity contribution in [2.24, 2.45) is 11.3 Å². The predicted octanol–water partition coefficient (Wildman–Crippen LogP) is 1.86. The highest BCUT2D eigenvalue weighted by Gasteiger charge is 2.39. The van der Waals surface area contributed by atoms with E-state index in [0.29, 0.717) is 31.4 Å². The molecule has 2 rings (SSSR count). The molecule has 0 aliphatic heterocycles. The summed E-state index contributed by atoms with van der Waals surface area (Å²) < 4.78 is 5.05. The Hall–Kier alpha value is -0.610. The summed E-state index contributed by atoms with van der Waals surface area (Å²) in [7, 11) is 0. The van der Waals surface area contributed by atoms with Crippen LogP contribution in [0.25, 0.3) is 0 Å². The maximum Gasteiger partial charge on any atom is 0.308 e. The van der Waals surface area contributed by atoms with Crippen molar-refractivity contribution < 1.29 is 14.6 Å². The van der Waals surface area contributed by atoms with Crippen LogP contribution in [0, 0.1) is 11.3 Å². The molecule has 0 aromatic carbocycles. The van der Waals surface area contributed by atoms with Crippen LogP contribution in [0.5, 0.6) is 0 Å². The van der Waals surface area contributed by atoms with Gasteiger partial charge < -0.3 is 15.2 Å². The summed E-state index contributed by atoms with van der Waals surface area (Å²) in [6, 6.07) is 0. The number of esters is 1. The van der Waals surface area contributed by atoms with Gasteiger partial charge in [0.15, 0.2) is 0 Å². The van der Waals surface area contributed by atoms with Gasteiger partial charge >= 0.3 is 5.97 Å². The largest absolute Gasteiger partial charge is 0.466 e. The highest BCUT2D eigenvalue weighted by atomic mass is 16.5. The van der Waals surface area contributed by atoms with Gasteiger partial charge in [-0.3, -0.25) is 4.79 Å². The van der Waals surface area contributed by atoms with E-state index < -0.39 is 5.60 Å². The molecule has 0 atom stereocenters. The first-order valence-electron chi connectivity index (χ1n) is 7.56. The Morgan fingerprint density at radius 1 is 1.26 bits per heavy atom. The zero-order valence-corrected chi connectivity index (χ0v) is 12.2. The van der Waals surface area contributed by atoms with E-state index in [4.69, 9.17) is 4.74 Å². The van der Waals surface area contributed by atoms with Crippen molar-refractivity contribution >= 4 is 5.97 Å². The Balaban J connectivity index is 1.69. The van der Waals surface area contributed by atoms with E-state index in [-0.39, 0.29) is 11.9 Å². The van der Waals surface area contributed by atoms with Gasteiger partial charge in [-0.2, -0.15) is 0 Å². The Morgan fingerprint density at radius 3 is 2.42 bits per heavy atom. The predicted molar refractivity (Wildman–Crippen MR) is 73.8 cm³/mol. The fourth-order valence-electron chi connectivity index (χ4n) is 2.81. The van der Waals surface area contributed by atoms with Crippen molar-refractivity contribution in [2.45, 2.75) is 58.0 Å². The molecule has 2 aliphatic carbocycles. The molecule has 0 bridgehead atoms. The van der Waals surface area contributed by atoms with E-state index in [2.05, 4.69) is 12.2 Å². The average Bonchev–Trinajstić information content (AvgIpc) is 3.08. The van der Waals surface area contributed by atoms with Gasteiger partial charge in [0.05, 0.1) is 18.1 Å². The van der Waals surface area contributed by atoms with Crippen molar-refractivity contribution in [1.29, 1.82) is 0 Å². The standard InChI is InChI=1S/C15H27NO3/c1-3-19-13(17)12-4-6-15(18,7-5-12)11-16-10-14(2)8-9-14/h12,16,18H,3-11H2,1-2H3. The van der Waals surface area contributed by atoms with Crippen LogP contribution in [-0.2, 0) is 9.53 Å². The van der Waals surface area contributed by atoms with Crippen molar-refractivity contribution in [3.63, 3.8) is 0 Å². The smallest absolute Gasteiger partial charge is 0.308 e. The number of aliphatic hydroxyl groups is 1. The Morgan fingerprint density at radius 2 is 1.89 bits per heavy atom. The third-order valence-electron chi connectivity index (χ3n) is 4.65. The summed E-state index contributed by atoms with van der Waals surface area (Å²) in [5.41, 5.74) is -0.160. The minimum atomic E-state index is -0.631. The molecule has 4 nitrogen and oxygen atoms in total. The lowest BCUT2D eigenvalue weighted by molar-refractivity contribution is -0.151. The molecule has 0 spiro atoms. The monoisotopic (exact) mass is 269 g/mol. The van der Waals surface area contributed by atoms with E-state index in [1.54, 1.807) is 0 Å². The second-order valence-corrected chi connectivity index (χ2v) is 6.66. The quantitative estimate of drug-likeness (QED) is 0.723. The van der Waals surface area contributed by atoms with Crippen LogP contribution in [0.15, 0.2) is 0 Å². The van der Waals surface area contributed by atoms with Gasteiger partial charge in [-0.1, -0.05) is 6.92 Å². The normalized spacial score (nSPS) is 32.9. The zero-order chi connectivity index (χ0) is 13.9. The number of hydrogen-bond donors (Lipinski definition) is 2. The molecule has 0 aromatic heterocycles. The van der Waals surface area contributed by atoms with E-state index in [9.17, 15) is 9.90 Å². The summed E-state index contributed by atoms with van der Waals surface area (Å²) >= 11 is 0. The topological polar surface area (TPSA) is 58.6 Å². The van der Waals surface area contributed by atoms with Gasteiger partial charge in [-0.15, -0.1) is 0 Å². The number of ether oxygens (including phenoxy) is 1. The van der Waals surface area contributed by atoms with Crippen molar-refractivity contribution in [2.75, 3.05) is 19.7 Å². The van der Waals surface area contributed by atoms with Crippen molar-refractivity contribution in [3.05, 3.63) is 0 Å². The summed E-state index contributed by atoms with van der Waals surface area (Å²) in [6.07, 6.45) is 5.47. The third kappa shape index (κ3) is 4.18. The average molecular weight is 269 g/mol. The maximum absolute atomic E-state index is 11.6. The summed E-state index contributed by atoms with van der Waals surface area (Å²) in [5, 5.41) is 13.9. The highest BCUT2D eigenvalue weighted by molar-refractivity contribution is 5.72. The molecule has 2 saturated carbocycles. The van der Waals surface area contributed by atoms with Gasteiger partial charge in [0.2, 0.25) is 0 Å². The first-order valence-corrected chi connectivity index (χ1v) is 7.56. The minimum absolute atomic E-state index is 0.0128. The summed E-state index contributed by atoms with van der Waals surface area (Å²) in [6.45, 7) is 6.20. The first kappa shape index (κ1) is 14.8. The minimum Gasteiger partial charge on any atom is -0.466 e. The molecule has 4 heteroatoms. The lowest BCUT2D eigenvalue weighted by Crippen LogP contribution is -2.45. The molecule has 2 N–H and O–H groups in total. The molecule has 0 amide bonds. The van der Waals surface area contributed by atoms with Crippen LogP contribution in [0.3, 0.4) is 0 Å². The van der Waals surface area contributed by atoms with Gasteiger partial charge in [0, 0.05) is 13.1 Å². The van der Waals surface area contributed by atoms with Crippen LogP contribution >= 0.6 is 0 Å². The Bertz CT molecular complexity index is 317. The van der Waals surface area contributed by atoms with E-state index in [0.717, 1.165) is 19.4 Å². The molecule has 19 heavy (non-hydrogen) atoms. The summed E-state index contributed by atoms with van der Waals surface area (Å²) in [4.78, 5) is 11.6. The lowest BCUT2D eigenvalue weighted by Gasteiger charge is -2.35. The third-order valence-corrected chi connectivity index (χ3v) is 4.65. The van der Waals surface area contributed by atoms with Crippen LogP contribution in [0.1, 0.15) is 52.4 Å². The van der Waals surface area contributed by atoms with Gasteiger partial charge in [-0.05, 0) is 50.9 Å². The molecule has 2 aliphatic rings. The van der Waals surface area contributed by atoms with Gasteiger partial charge in [-0.25, -0.2) is 0 Å². The van der Waals surface area contributed by atoms with E-state index in [1.165, 1.54) is 12.8 Å². The van der Waals surface area contributed by atoms with Gasteiger partial charge in [0.25, 0.3) is 0 Å². The van der Waals surface area contributed by atoms with Crippen LogP contribution < -0.4 is 5.32 Å². The van der Waals surface area contributed by atoms with Crippen LogP contribution in [0.2, 0.25) is 0 Å². The molecular formula is C15H27NO3. The van der Waals surface area contributed by atoms with Crippen LogP contribution in [0.4, 0.5) is 0 Å². The maximum atomic E-state index is 11.6. The molecule has 0 aromatic rings. The second kappa shape index (κ2) is 5.80. The fraction of sp³-hybridized carbons (Fsp3) is 0.933. The fourth-order valence-corrected chi connectivity index (χ4v) is 2.81. The number of hydrogen-bond acceptors (Lipinski definition) is 4. The lowest BCUT2D eigenvalue weighted by atomic mass is 9.78. The first-order chi connectivity index (χ1) is 8.96.